The lowest BCUT2D eigenvalue weighted by Gasteiger charge is -2.47. The predicted octanol–water partition coefficient (Wildman–Crippen LogP) is -4.32. The molecule has 0 aliphatic carbocycles. The molecule has 3 aliphatic rings. The van der Waals surface area contributed by atoms with E-state index in [1.807, 2.05) is 6.07 Å². The zero-order valence-corrected chi connectivity index (χ0v) is 21.5. The van der Waals surface area contributed by atoms with Gasteiger partial charge < -0.3 is 74.4 Å². The maximum atomic E-state index is 11.0. The van der Waals surface area contributed by atoms with Crippen LogP contribution in [0.25, 0.3) is 0 Å². The Balaban J connectivity index is 1.43. The summed E-state index contributed by atoms with van der Waals surface area (Å²) in [6, 6.07) is 9.00. The van der Waals surface area contributed by atoms with Gasteiger partial charge in [0.05, 0.1) is 32.5 Å². The summed E-state index contributed by atoms with van der Waals surface area (Å²) in [4.78, 5) is 0. The quantitative estimate of drug-likeness (QED) is 0.128. The molecule has 0 bridgehead atoms. The van der Waals surface area contributed by atoms with Crippen molar-refractivity contribution in [1.82, 2.24) is 0 Å². The zero-order chi connectivity index (χ0) is 29.0. The van der Waals surface area contributed by atoms with E-state index in [4.69, 9.17) is 28.4 Å². The van der Waals surface area contributed by atoms with Gasteiger partial charge >= 0.3 is 0 Å². The normalized spacial score (nSPS) is 44.4. The van der Waals surface area contributed by atoms with Gasteiger partial charge in [-0.05, 0) is 5.56 Å². The molecule has 0 aromatic heterocycles. The molecule has 15 nitrogen and oxygen atoms in total. The Morgan fingerprint density at radius 3 is 1.90 bits per heavy atom. The predicted molar refractivity (Wildman–Crippen MR) is 129 cm³/mol. The first-order valence-electron chi connectivity index (χ1n) is 13.0. The van der Waals surface area contributed by atoms with Crippen molar-refractivity contribution in [3.63, 3.8) is 0 Å². The molecule has 0 saturated carbocycles. The van der Waals surface area contributed by atoms with Gasteiger partial charge in [-0.3, -0.25) is 0 Å². The van der Waals surface area contributed by atoms with Crippen molar-refractivity contribution in [3.8, 4) is 0 Å². The molecule has 0 radical (unpaired) electrons. The molecule has 40 heavy (non-hydrogen) atoms. The summed E-state index contributed by atoms with van der Waals surface area (Å²) in [6.07, 6.45) is -20.7. The number of rotatable bonds is 10. The summed E-state index contributed by atoms with van der Waals surface area (Å²) < 4.78 is 33.5. The van der Waals surface area contributed by atoms with E-state index in [-0.39, 0.29) is 13.0 Å². The topological polar surface area (TPSA) is 237 Å². The van der Waals surface area contributed by atoms with Crippen LogP contribution in [0, 0.1) is 0 Å². The molecule has 5 unspecified atom stereocenters. The summed E-state index contributed by atoms with van der Waals surface area (Å²) in [7, 11) is 0. The first-order chi connectivity index (χ1) is 19.2. The second-order valence-electron chi connectivity index (χ2n) is 9.99. The first kappa shape index (κ1) is 31.6. The van der Waals surface area contributed by atoms with Crippen LogP contribution in [0.2, 0.25) is 0 Å². The fourth-order valence-corrected chi connectivity index (χ4v) is 4.92. The second-order valence-corrected chi connectivity index (χ2v) is 9.99. The molecule has 9 N–H and O–H groups in total. The first-order valence-corrected chi connectivity index (χ1v) is 13.0. The molecule has 228 valence electrons. The van der Waals surface area contributed by atoms with E-state index in [2.05, 4.69) is 0 Å². The Morgan fingerprint density at radius 1 is 0.625 bits per heavy atom. The number of ether oxygens (including phenoxy) is 6. The highest BCUT2D eigenvalue weighted by molar-refractivity contribution is 5.13. The van der Waals surface area contributed by atoms with Crippen LogP contribution in [-0.4, -0.2) is 152 Å². The molecule has 4 rings (SSSR count). The standard InChI is InChI=1S/C25H38O15/c26-7-13-17(30)12(29)6-16(36-13)39-23-18(31)14(8-27)37-25(21(23)34)40-22-15(9-28)38-24(20(33)19(22)32)35-10-11-4-2-1-3-5-11/h1-5,12-34H,6-10H2/t12-,13?,14?,15?,16+,17-,18+,19-,20?,21?,22+,23+,24-,25+/m1/s1. The van der Waals surface area contributed by atoms with Crippen molar-refractivity contribution >= 4 is 0 Å². The van der Waals surface area contributed by atoms with E-state index < -0.39 is 106 Å². The summed E-state index contributed by atoms with van der Waals surface area (Å²) in [6.45, 7) is -1.99. The largest absolute Gasteiger partial charge is 0.394 e. The lowest BCUT2D eigenvalue weighted by molar-refractivity contribution is -0.374. The third-order valence-corrected chi connectivity index (χ3v) is 7.22. The highest BCUT2D eigenvalue weighted by atomic mass is 16.8. The van der Waals surface area contributed by atoms with E-state index in [0.717, 1.165) is 5.56 Å². The Morgan fingerprint density at radius 2 is 1.25 bits per heavy atom. The SMILES string of the molecule is OCC1O[C@@H](O[C@@H]2C(O)[C@H](O[C@H]3C(CO)O[C@@H](OCc4ccccc4)C(O)[C@H]3O)OC(CO)[C@@H]2O)C[C@@H](O)[C@H]1O. The number of hydrogen-bond donors (Lipinski definition) is 9. The average Bonchev–Trinajstić information content (AvgIpc) is 2.96. The Kier molecular flexibility index (Phi) is 11.2. The smallest absolute Gasteiger partial charge is 0.187 e. The van der Waals surface area contributed by atoms with Crippen LogP contribution in [-0.2, 0) is 35.0 Å². The maximum Gasteiger partial charge on any atom is 0.187 e. The Bertz CT molecular complexity index is 892. The van der Waals surface area contributed by atoms with Crippen LogP contribution in [0.3, 0.4) is 0 Å². The maximum absolute atomic E-state index is 11.0. The minimum absolute atomic E-state index is 0.0462. The lowest BCUT2D eigenvalue weighted by Crippen LogP contribution is -2.65. The van der Waals surface area contributed by atoms with Crippen LogP contribution in [0.1, 0.15) is 12.0 Å². The average molecular weight is 579 g/mol. The number of benzene rings is 1. The third-order valence-electron chi connectivity index (χ3n) is 7.22. The van der Waals surface area contributed by atoms with Crippen LogP contribution < -0.4 is 0 Å². The summed E-state index contributed by atoms with van der Waals surface area (Å²) in [5.41, 5.74) is 0.777. The van der Waals surface area contributed by atoms with E-state index in [9.17, 15) is 46.0 Å². The molecular formula is C25H38O15. The van der Waals surface area contributed by atoms with Crippen molar-refractivity contribution in [2.75, 3.05) is 19.8 Å². The summed E-state index contributed by atoms with van der Waals surface area (Å²) in [5, 5.41) is 92.2. The van der Waals surface area contributed by atoms with Gasteiger partial charge in [0.2, 0.25) is 0 Å². The van der Waals surface area contributed by atoms with Gasteiger partial charge in [0.15, 0.2) is 18.9 Å². The van der Waals surface area contributed by atoms with Crippen molar-refractivity contribution in [2.24, 2.45) is 0 Å². The van der Waals surface area contributed by atoms with Crippen molar-refractivity contribution in [2.45, 2.75) is 99.0 Å². The summed E-state index contributed by atoms with van der Waals surface area (Å²) >= 11 is 0. The minimum Gasteiger partial charge on any atom is -0.394 e. The van der Waals surface area contributed by atoms with E-state index in [1.54, 1.807) is 24.3 Å². The molecule has 3 saturated heterocycles. The van der Waals surface area contributed by atoms with Crippen molar-refractivity contribution < 1.29 is 74.4 Å². The van der Waals surface area contributed by atoms with E-state index in [1.165, 1.54) is 0 Å². The molecule has 3 fully saturated rings. The third kappa shape index (κ3) is 6.97. The van der Waals surface area contributed by atoms with E-state index >= 15 is 0 Å². The highest BCUT2D eigenvalue weighted by Gasteiger charge is 2.52. The minimum atomic E-state index is -1.77. The van der Waals surface area contributed by atoms with Crippen LogP contribution in [0.4, 0.5) is 0 Å². The second kappa shape index (κ2) is 14.2. The lowest BCUT2D eigenvalue weighted by atomic mass is 9.96. The van der Waals surface area contributed by atoms with Gasteiger partial charge in [-0.15, -0.1) is 0 Å². The Hall–Kier alpha value is -1.38. The van der Waals surface area contributed by atoms with Crippen LogP contribution in [0.5, 0.6) is 0 Å². The molecule has 3 aliphatic heterocycles. The van der Waals surface area contributed by atoms with Crippen LogP contribution in [0.15, 0.2) is 30.3 Å². The molecular weight excluding hydrogens is 540 g/mol. The zero-order valence-electron chi connectivity index (χ0n) is 21.5. The van der Waals surface area contributed by atoms with Gasteiger partial charge in [-0.1, -0.05) is 30.3 Å². The van der Waals surface area contributed by atoms with E-state index in [0.29, 0.717) is 0 Å². The van der Waals surface area contributed by atoms with Crippen LogP contribution >= 0.6 is 0 Å². The molecule has 3 heterocycles. The molecule has 1 aromatic carbocycles. The molecule has 1 aromatic rings. The van der Waals surface area contributed by atoms with Gasteiger partial charge in [0.1, 0.15) is 61.0 Å². The monoisotopic (exact) mass is 578 g/mol. The molecule has 0 spiro atoms. The van der Waals surface area contributed by atoms with Gasteiger partial charge in [0, 0.05) is 6.42 Å². The van der Waals surface area contributed by atoms with Gasteiger partial charge in [-0.2, -0.15) is 0 Å². The molecule has 14 atom stereocenters. The van der Waals surface area contributed by atoms with Gasteiger partial charge in [-0.25, -0.2) is 0 Å². The fourth-order valence-electron chi connectivity index (χ4n) is 4.92. The van der Waals surface area contributed by atoms with Crippen molar-refractivity contribution in [1.29, 1.82) is 0 Å². The number of aliphatic hydroxyl groups is 9. The number of aliphatic hydroxyl groups excluding tert-OH is 9. The highest BCUT2D eigenvalue weighted by Crippen LogP contribution is 2.32. The molecule has 0 amide bonds. The number of hydrogen-bond acceptors (Lipinski definition) is 15. The molecule has 15 heteroatoms. The van der Waals surface area contributed by atoms with Crippen molar-refractivity contribution in [3.05, 3.63) is 35.9 Å². The van der Waals surface area contributed by atoms with Gasteiger partial charge in [0.25, 0.3) is 0 Å². The fraction of sp³-hybridized carbons (Fsp3) is 0.760. The Labute approximate surface area is 229 Å². The summed E-state index contributed by atoms with van der Waals surface area (Å²) in [5.74, 6) is 0.